The van der Waals surface area contributed by atoms with E-state index in [1.165, 1.54) is 0 Å². The summed E-state index contributed by atoms with van der Waals surface area (Å²) in [6.45, 7) is 18.2. The van der Waals surface area contributed by atoms with Crippen LogP contribution in [0.5, 0.6) is 0 Å². The van der Waals surface area contributed by atoms with Gasteiger partial charge < -0.3 is 20.9 Å². The predicted octanol–water partition coefficient (Wildman–Crippen LogP) is 2.55. The van der Waals surface area contributed by atoms with Crippen LogP contribution in [-0.2, 0) is 4.79 Å². The van der Waals surface area contributed by atoms with Crippen molar-refractivity contribution in [2.45, 2.75) is 78.4 Å². The molecule has 0 spiro atoms. The van der Waals surface area contributed by atoms with Crippen LogP contribution in [0.25, 0.3) is 0 Å². The number of hydrogen-bond acceptors (Lipinski definition) is 4. The minimum Gasteiger partial charge on any atom is -0.352 e. The summed E-state index contributed by atoms with van der Waals surface area (Å²) in [5.74, 6) is 1.25. The van der Waals surface area contributed by atoms with Crippen LogP contribution < -0.4 is 11.1 Å². The Labute approximate surface area is 167 Å². The standard InChI is InChI=1S/C22H44N4O/c1-15-17(10-12-25(8)20(15,3)4)22(7,14-23)19(27)24-18-11-13-26(9)21(5,6)16(18)2/h15-18H,10-14,23H2,1-9H3,(H,24,27). The molecular formula is C22H44N4O. The van der Waals surface area contributed by atoms with Gasteiger partial charge in [0.25, 0.3) is 0 Å². The van der Waals surface area contributed by atoms with Crippen molar-refractivity contribution in [3.8, 4) is 0 Å². The van der Waals surface area contributed by atoms with Gasteiger partial charge in [-0.15, -0.1) is 0 Å². The average molecular weight is 381 g/mol. The van der Waals surface area contributed by atoms with Gasteiger partial charge in [0.15, 0.2) is 0 Å². The largest absolute Gasteiger partial charge is 0.352 e. The average Bonchev–Trinajstić information content (AvgIpc) is 2.60. The lowest BCUT2D eigenvalue weighted by Gasteiger charge is -2.54. The van der Waals surface area contributed by atoms with E-state index in [1.807, 2.05) is 0 Å². The predicted molar refractivity (Wildman–Crippen MR) is 114 cm³/mol. The van der Waals surface area contributed by atoms with E-state index in [2.05, 4.69) is 77.7 Å². The molecule has 0 saturated carbocycles. The van der Waals surface area contributed by atoms with Gasteiger partial charge in [0.05, 0.1) is 5.41 Å². The second kappa shape index (κ2) is 7.64. The van der Waals surface area contributed by atoms with Gasteiger partial charge in [0, 0.05) is 30.2 Å². The summed E-state index contributed by atoms with van der Waals surface area (Å²) in [4.78, 5) is 18.3. The highest BCUT2D eigenvalue weighted by molar-refractivity contribution is 5.83. The number of likely N-dealkylation sites (tertiary alicyclic amines) is 2. The van der Waals surface area contributed by atoms with Crippen molar-refractivity contribution in [2.75, 3.05) is 33.7 Å². The first kappa shape index (κ1) is 22.6. The zero-order valence-corrected chi connectivity index (χ0v) is 19.2. The molecule has 0 aromatic rings. The number of nitrogens with two attached hydrogens (primary N) is 1. The third-order valence-electron chi connectivity index (χ3n) is 9.03. The number of rotatable bonds is 4. The summed E-state index contributed by atoms with van der Waals surface area (Å²) >= 11 is 0. The van der Waals surface area contributed by atoms with E-state index in [4.69, 9.17) is 5.73 Å². The number of carbonyl (C=O) groups is 1. The van der Waals surface area contributed by atoms with E-state index in [1.54, 1.807) is 0 Å². The zero-order chi connectivity index (χ0) is 20.8. The SMILES string of the molecule is CC1C(NC(=O)C(C)(CN)C2CCN(C)C(C)(C)C2C)CCN(C)C1(C)C. The Bertz CT molecular complexity index is 546. The summed E-state index contributed by atoms with van der Waals surface area (Å²) < 4.78 is 0. The van der Waals surface area contributed by atoms with Crippen molar-refractivity contribution in [3.05, 3.63) is 0 Å². The Morgan fingerprint density at radius 2 is 1.52 bits per heavy atom. The van der Waals surface area contributed by atoms with Gasteiger partial charge in [-0.1, -0.05) is 13.8 Å². The lowest BCUT2D eigenvalue weighted by Crippen LogP contribution is -2.64. The summed E-state index contributed by atoms with van der Waals surface area (Å²) in [6.07, 6.45) is 2.03. The van der Waals surface area contributed by atoms with Crippen molar-refractivity contribution in [1.82, 2.24) is 15.1 Å². The molecule has 0 aromatic heterocycles. The molecule has 2 aliphatic heterocycles. The normalized spacial score (nSPS) is 36.8. The molecule has 5 nitrogen and oxygen atoms in total. The molecule has 0 radical (unpaired) electrons. The van der Waals surface area contributed by atoms with Crippen LogP contribution in [0.1, 0.15) is 61.3 Å². The summed E-state index contributed by atoms with van der Waals surface area (Å²) in [5, 5.41) is 3.43. The van der Waals surface area contributed by atoms with E-state index < -0.39 is 5.41 Å². The Balaban J connectivity index is 2.20. The van der Waals surface area contributed by atoms with Crippen molar-refractivity contribution in [1.29, 1.82) is 0 Å². The molecule has 2 heterocycles. The topological polar surface area (TPSA) is 61.6 Å². The summed E-state index contributed by atoms with van der Waals surface area (Å²) in [5.41, 5.74) is 5.89. The van der Waals surface area contributed by atoms with Crippen molar-refractivity contribution < 1.29 is 4.79 Å². The molecule has 5 atom stereocenters. The van der Waals surface area contributed by atoms with E-state index in [0.29, 0.717) is 24.3 Å². The molecule has 0 aromatic carbocycles. The number of nitrogens with one attached hydrogen (secondary N) is 1. The minimum absolute atomic E-state index is 0.0719. The molecule has 1 amide bonds. The number of nitrogens with zero attached hydrogens (tertiary/aromatic N) is 2. The third-order valence-corrected chi connectivity index (χ3v) is 9.03. The van der Waals surface area contributed by atoms with Crippen LogP contribution in [0.3, 0.4) is 0 Å². The molecule has 5 unspecified atom stereocenters. The maximum Gasteiger partial charge on any atom is 0.227 e. The lowest BCUT2D eigenvalue weighted by molar-refractivity contribution is -0.140. The fourth-order valence-corrected chi connectivity index (χ4v) is 5.23. The highest BCUT2D eigenvalue weighted by Crippen LogP contribution is 2.45. The second-order valence-corrected chi connectivity index (χ2v) is 10.6. The van der Waals surface area contributed by atoms with Gasteiger partial charge in [-0.3, -0.25) is 4.79 Å². The van der Waals surface area contributed by atoms with Gasteiger partial charge in [-0.05, 0) is 85.9 Å². The number of hydrogen-bond donors (Lipinski definition) is 2. The summed E-state index contributed by atoms with van der Waals surface area (Å²) in [7, 11) is 4.37. The van der Waals surface area contributed by atoms with Gasteiger partial charge in [-0.25, -0.2) is 0 Å². The van der Waals surface area contributed by atoms with E-state index >= 15 is 0 Å². The lowest BCUT2D eigenvalue weighted by atomic mass is 9.61. The molecule has 158 valence electrons. The van der Waals surface area contributed by atoms with Gasteiger partial charge in [0.2, 0.25) is 5.91 Å². The third kappa shape index (κ3) is 3.79. The van der Waals surface area contributed by atoms with Crippen molar-refractivity contribution in [2.24, 2.45) is 28.9 Å². The zero-order valence-electron chi connectivity index (χ0n) is 19.2. The highest BCUT2D eigenvalue weighted by Gasteiger charge is 2.51. The fraction of sp³-hybridized carbons (Fsp3) is 0.955. The van der Waals surface area contributed by atoms with Crippen LogP contribution in [-0.4, -0.2) is 66.6 Å². The van der Waals surface area contributed by atoms with Gasteiger partial charge in [0.1, 0.15) is 0 Å². The van der Waals surface area contributed by atoms with Crippen LogP contribution in [0.15, 0.2) is 0 Å². The highest BCUT2D eigenvalue weighted by atomic mass is 16.2. The Kier molecular flexibility index (Phi) is 6.41. The van der Waals surface area contributed by atoms with Crippen LogP contribution in [0.4, 0.5) is 0 Å². The van der Waals surface area contributed by atoms with E-state index in [0.717, 1.165) is 25.9 Å². The van der Waals surface area contributed by atoms with Gasteiger partial charge >= 0.3 is 0 Å². The maximum atomic E-state index is 13.5. The molecule has 3 N–H and O–H groups in total. The quantitative estimate of drug-likeness (QED) is 0.787. The number of carbonyl (C=O) groups excluding carboxylic acids is 1. The Hall–Kier alpha value is -0.650. The van der Waals surface area contributed by atoms with E-state index in [-0.39, 0.29) is 23.0 Å². The second-order valence-electron chi connectivity index (χ2n) is 10.6. The molecule has 0 bridgehead atoms. The molecule has 2 rings (SSSR count). The summed E-state index contributed by atoms with van der Waals surface area (Å²) in [6, 6.07) is 0.212. The fourth-order valence-electron chi connectivity index (χ4n) is 5.23. The van der Waals surface area contributed by atoms with Gasteiger partial charge in [-0.2, -0.15) is 0 Å². The first-order valence-corrected chi connectivity index (χ1v) is 10.7. The van der Waals surface area contributed by atoms with E-state index in [9.17, 15) is 4.79 Å². The molecular weight excluding hydrogens is 336 g/mol. The smallest absolute Gasteiger partial charge is 0.227 e. The molecule has 2 saturated heterocycles. The number of piperidine rings is 2. The van der Waals surface area contributed by atoms with Crippen LogP contribution in [0, 0.1) is 23.2 Å². The van der Waals surface area contributed by atoms with Crippen LogP contribution >= 0.6 is 0 Å². The van der Waals surface area contributed by atoms with Crippen LogP contribution in [0.2, 0.25) is 0 Å². The Morgan fingerprint density at radius 3 is 2.04 bits per heavy atom. The molecule has 2 aliphatic rings. The first-order chi connectivity index (χ1) is 12.3. The molecule has 2 fully saturated rings. The minimum atomic E-state index is -0.523. The molecule has 5 heteroatoms. The van der Waals surface area contributed by atoms with Crippen molar-refractivity contribution >= 4 is 5.91 Å². The first-order valence-electron chi connectivity index (χ1n) is 10.7. The maximum absolute atomic E-state index is 13.5. The monoisotopic (exact) mass is 380 g/mol. The Morgan fingerprint density at radius 1 is 1.04 bits per heavy atom. The van der Waals surface area contributed by atoms with Crippen molar-refractivity contribution in [3.63, 3.8) is 0 Å². The number of amides is 1. The molecule has 27 heavy (non-hydrogen) atoms. The molecule has 0 aliphatic carbocycles.